The highest BCUT2D eigenvalue weighted by Crippen LogP contribution is 2.26. The van der Waals surface area contributed by atoms with E-state index in [1.54, 1.807) is 0 Å². The van der Waals surface area contributed by atoms with E-state index in [0.717, 1.165) is 34.0 Å². The Morgan fingerprint density at radius 1 is 1.35 bits per heavy atom. The maximum Gasteiger partial charge on any atom is 0.323 e. The number of nitrogens with one attached hydrogen (secondary N) is 3. The van der Waals surface area contributed by atoms with Gasteiger partial charge in [0, 0.05) is 10.5 Å². The van der Waals surface area contributed by atoms with E-state index in [2.05, 4.69) is 45.1 Å². The van der Waals surface area contributed by atoms with Gasteiger partial charge in [0.15, 0.2) is 0 Å². The molecule has 1 aromatic heterocycles. The topological polar surface area (TPSA) is 60.7 Å². The van der Waals surface area contributed by atoms with Crippen LogP contribution in [0.5, 0.6) is 0 Å². The average molecular weight is 298 g/mol. The molecule has 4 nitrogen and oxygen atoms in total. The van der Waals surface area contributed by atoms with Crippen LogP contribution in [-0.2, 0) is 0 Å². The number of aromatic nitrogens is 2. The van der Waals surface area contributed by atoms with Crippen LogP contribution in [0.25, 0.3) is 11.0 Å². The summed E-state index contributed by atoms with van der Waals surface area (Å²) in [6.45, 7) is 5.24. The van der Waals surface area contributed by atoms with E-state index in [1.165, 1.54) is 0 Å². The number of H-pyrrole nitrogens is 2. The Bertz CT molecular complexity index is 573. The Balaban J connectivity index is 2.39. The predicted molar refractivity (Wildman–Crippen MR) is 73.3 cm³/mol. The summed E-state index contributed by atoms with van der Waals surface area (Å²) >= 11 is 3.54. The van der Waals surface area contributed by atoms with E-state index < -0.39 is 0 Å². The van der Waals surface area contributed by atoms with Crippen molar-refractivity contribution >= 4 is 27.0 Å². The number of halogens is 1. The molecule has 0 aliphatic heterocycles. The Morgan fingerprint density at radius 3 is 2.65 bits per heavy atom. The first kappa shape index (κ1) is 12.4. The third-order valence-electron chi connectivity index (χ3n) is 2.80. The molecule has 1 unspecified atom stereocenters. The van der Waals surface area contributed by atoms with Gasteiger partial charge in [-0.2, -0.15) is 0 Å². The molecule has 0 saturated carbocycles. The SMILES string of the molecule is CCCNC(C)c1cc2[nH]c(=O)[nH]c2cc1Br. The van der Waals surface area contributed by atoms with E-state index in [9.17, 15) is 4.79 Å². The summed E-state index contributed by atoms with van der Waals surface area (Å²) in [5, 5.41) is 3.43. The van der Waals surface area contributed by atoms with E-state index in [4.69, 9.17) is 0 Å². The van der Waals surface area contributed by atoms with Gasteiger partial charge < -0.3 is 15.3 Å². The first-order valence-electron chi connectivity index (χ1n) is 5.76. The summed E-state index contributed by atoms with van der Waals surface area (Å²) in [5.41, 5.74) is 2.66. The molecule has 0 aliphatic rings. The molecule has 0 saturated heterocycles. The fraction of sp³-hybridized carbons (Fsp3) is 0.417. The third kappa shape index (κ3) is 2.61. The van der Waals surface area contributed by atoms with E-state index in [1.807, 2.05) is 12.1 Å². The van der Waals surface area contributed by atoms with Gasteiger partial charge in [0.2, 0.25) is 0 Å². The van der Waals surface area contributed by atoms with Crippen LogP contribution >= 0.6 is 15.9 Å². The lowest BCUT2D eigenvalue weighted by Crippen LogP contribution is -2.19. The summed E-state index contributed by atoms with van der Waals surface area (Å²) in [6.07, 6.45) is 1.10. The minimum Gasteiger partial charge on any atom is -0.310 e. The van der Waals surface area contributed by atoms with Crippen molar-refractivity contribution in [3.8, 4) is 0 Å². The molecule has 0 spiro atoms. The molecular formula is C12H16BrN3O. The zero-order chi connectivity index (χ0) is 12.4. The lowest BCUT2D eigenvalue weighted by Gasteiger charge is -2.15. The van der Waals surface area contributed by atoms with Crippen molar-refractivity contribution < 1.29 is 0 Å². The summed E-state index contributed by atoms with van der Waals surface area (Å²) in [4.78, 5) is 16.7. The van der Waals surface area contributed by atoms with Crippen LogP contribution in [0.1, 0.15) is 31.9 Å². The molecule has 17 heavy (non-hydrogen) atoms. The molecule has 0 amide bonds. The van der Waals surface area contributed by atoms with Gasteiger partial charge in [-0.1, -0.05) is 22.9 Å². The maximum atomic E-state index is 11.2. The molecule has 5 heteroatoms. The molecule has 0 bridgehead atoms. The van der Waals surface area contributed by atoms with Gasteiger partial charge in [0.05, 0.1) is 11.0 Å². The highest BCUT2D eigenvalue weighted by atomic mass is 79.9. The number of aromatic amines is 2. The van der Waals surface area contributed by atoms with Crippen LogP contribution in [0.4, 0.5) is 0 Å². The predicted octanol–water partition coefficient (Wildman–Crippen LogP) is 2.68. The standard InChI is InChI=1S/C12H16BrN3O/c1-3-4-14-7(2)8-5-10-11(6-9(8)13)16-12(17)15-10/h5-7,14H,3-4H2,1-2H3,(H2,15,16,17). The maximum absolute atomic E-state index is 11.2. The first-order chi connectivity index (χ1) is 8.11. The molecular weight excluding hydrogens is 282 g/mol. The molecule has 2 rings (SSSR count). The molecule has 0 aliphatic carbocycles. The summed E-state index contributed by atoms with van der Waals surface area (Å²) < 4.78 is 1.01. The van der Waals surface area contributed by atoms with E-state index >= 15 is 0 Å². The average Bonchev–Trinajstić information content (AvgIpc) is 2.64. The number of hydrogen-bond acceptors (Lipinski definition) is 2. The Kier molecular flexibility index (Phi) is 3.69. The van der Waals surface area contributed by atoms with Crippen molar-refractivity contribution in [3.05, 3.63) is 32.7 Å². The zero-order valence-electron chi connectivity index (χ0n) is 9.93. The van der Waals surface area contributed by atoms with Crippen LogP contribution in [0, 0.1) is 0 Å². The van der Waals surface area contributed by atoms with Crippen molar-refractivity contribution in [1.82, 2.24) is 15.3 Å². The van der Waals surface area contributed by atoms with Gasteiger partial charge in [-0.05, 0) is 37.6 Å². The first-order valence-corrected chi connectivity index (χ1v) is 6.56. The second-order valence-corrected chi connectivity index (χ2v) is 5.03. The third-order valence-corrected chi connectivity index (χ3v) is 3.49. The number of imidazole rings is 1. The van der Waals surface area contributed by atoms with Crippen molar-refractivity contribution in [2.45, 2.75) is 26.3 Å². The lowest BCUT2D eigenvalue weighted by molar-refractivity contribution is 0.569. The summed E-state index contributed by atoms with van der Waals surface area (Å²) in [5.74, 6) is 0. The van der Waals surface area contributed by atoms with Gasteiger partial charge >= 0.3 is 5.69 Å². The van der Waals surface area contributed by atoms with Crippen molar-refractivity contribution in [2.75, 3.05) is 6.54 Å². The van der Waals surface area contributed by atoms with Crippen molar-refractivity contribution in [3.63, 3.8) is 0 Å². The summed E-state index contributed by atoms with van der Waals surface area (Å²) in [7, 11) is 0. The normalized spacial score (nSPS) is 13.1. The molecule has 2 aromatic rings. The van der Waals surface area contributed by atoms with Crippen LogP contribution in [0.15, 0.2) is 21.4 Å². The molecule has 3 N–H and O–H groups in total. The number of fused-ring (bicyclic) bond motifs is 1. The van der Waals surface area contributed by atoms with E-state index in [0.29, 0.717) is 0 Å². The fourth-order valence-electron chi connectivity index (χ4n) is 1.88. The highest BCUT2D eigenvalue weighted by molar-refractivity contribution is 9.10. The van der Waals surface area contributed by atoms with Crippen LogP contribution < -0.4 is 11.0 Å². The zero-order valence-corrected chi connectivity index (χ0v) is 11.5. The lowest BCUT2D eigenvalue weighted by atomic mass is 10.1. The van der Waals surface area contributed by atoms with Gasteiger partial charge in [0.1, 0.15) is 0 Å². The van der Waals surface area contributed by atoms with Gasteiger partial charge in [0.25, 0.3) is 0 Å². The Hall–Kier alpha value is -1.07. The van der Waals surface area contributed by atoms with Crippen LogP contribution in [-0.4, -0.2) is 16.5 Å². The smallest absolute Gasteiger partial charge is 0.310 e. The molecule has 1 heterocycles. The highest BCUT2D eigenvalue weighted by Gasteiger charge is 2.11. The van der Waals surface area contributed by atoms with Crippen molar-refractivity contribution in [2.24, 2.45) is 0 Å². The minimum absolute atomic E-state index is 0.168. The molecule has 0 radical (unpaired) electrons. The monoisotopic (exact) mass is 297 g/mol. The van der Waals surface area contributed by atoms with Crippen LogP contribution in [0.2, 0.25) is 0 Å². The second-order valence-electron chi connectivity index (χ2n) is 4.17. The second kappa shape index (κ2) is 5.06. The Morgan fingerprint density at radius 2 is 2.00 bits per heavy atom. The van der Waals surface area contributed by atoms with E-state index in [-0.39, 0.29) is 11.7 Å². The van der Waals surface area contributed by atoms with Gasteiger partial charge in [-0.25, -0.2) is 4.79 Å². The number of hydrogen-bond donors (Lipinski definition) is 3. The largest absolute Gasteiger partial charge is 0.323 e. The number of rotatable bonds is 4. The minimum atomic E-state index is -0.168. The van der Waals surface area contributed by atoms with Gasteiger partial charge in [-0.15, -0.1) is 0 Å². The summed E-state index contributed by atoms with van der Waals surface area (Å²) in [6, 6.07) is 4.20. The number of benzene rings is 1. The molecule has 92 valence electrons. The molecule has 1 atom stereocenters. The van der Waals surface area contributed by atoms with Crippen LogP contribution in [0.3, 0.4) is 0 Å². The quantitative estimate of drug-likeness (QED) is 0.812. The fourth-order valence-corrected chi connectivity index (χ4v) is 2.56. The molecule has 1 aromatic carbocycles. The van der Waals surface area contributed by atoms with Gasteiger partial charge in [-0.3, -0.25) is 0 Å². The van der Waals surface area contributed by atoms with Crippen molar-refractivity contribution in [1.29, 1.82) is 0 Å². The molecule has 0 fully saturated rings. The Labute approximate surface area is 108 Å².